The van der Waals surface area contributed by atoms with Crippen LogP contribution in [0.25, 0.3) is 0 Å². The highest BCUT2D eigenvalue weighted by molar-refractivity contribution is 7.99. The predicted molar refractivity (Wildman–Crippen MR) is 50.0 cm³/mol. The van der Waals surface area contributed by atoms with Crippen LogP contribution in [0.15, 0.2) is 0 Å². The quantitative estimate of drug-likeness (QED) is 0.439. The van der Waals surface area contributed by atoms with E-state index in [1.807, 2.05) is 18.7 Å². The van der Waals surface area contributed by atoms with Gasteiger partial charge in [-0.15, -0.1) is 0 Å². The lowest BCUT2D eigenvalue weighted by molar-refractivity contribution is -0.0435. The van der Waals surface area contributed by atoms with Gasteiger partial charge in [-0.3, -0.25) is 0 Å². The maximum atomic E-state index is 5.18. The highest BCUT2D eigenvalue weighted by Crippen LogP contribution is 2.07. The fourth-order valence-corrected chi connectivity index (χ4v) is 1.23. The first-order chi connectivity index (χ1) is 5.27. The Bertz CT molecular complexity index is 76.5. The largest absolute Gasteiger partial charge is 0.356 e. The van der Waals surface area contributed by atoms with Crippen LogP contribution < -0.4 is 0 Å². The van der Waals surface area contributed by atoms with Crippen LogP contribution in [0, 0.1) is 0 Å². The molecule has 0 bridgehead atoms. The molecule has 0 fully saturated rings. The van der Waals surface area contributed by atoms with Crippen LogP contribution in [-0.2, 0) is 9.47 Å². The van der Waals surface area contributed by atoms with Gasteiger partial charge in [0.05, 0.1) is 6.61 Å². The molecule has 0 rings (SSSR count). The van der Waals surface area contributed by atoms with Crippen molar-refractivity contribution in [2.75, 3.05) is 25.8 Å². The van der Waals surface area contributed by atoms with Crippen LogP contribution in [0.4, 0.5) is 0 Å². The average molecular weight is 178 g/mol. The van der Waals surface area contributed by atoms with Crippen LogP contribution in [0.2, 0.25) is 0 Å². The zero-order chi connectivity index (χ0) is 8.53. The van der Waals surface area contributed by atoms with Crippen LogP contribution in [0.3, 0.4) is 0 Å². The van der Waals surface area contributed by atoms with Crippen molar-refractivity contribution < 1.29 is 9.47 Å². The first-order valence-electron chi connectivity index (χ1n) is 4.04. The van der Waals surface area contributed by atoms with Gasteiger partial charge in [-0.25, -0.2) is 0 Å². The van der Waals surface area contributed by atoms with E-state index in [0.29, 0.717) is 12.0 Å². The Morgan fingerprint density at radius 1 is 1.27 bits per heavy atom. The molecule has 2 nitrogen and oxygen atoms in total. The van der Waals surface area contributed by atoms with Crippen molar-refractivity contribution in [3.05, 3.63) is 0 Å². The average Bonchev–Trinajstić information content (AvgIpc) is 1.96. The van der Waals surface area contributed by atoms with Crippen LogP contribution >= 0.6 is 11.8 Å². The van der Waals surface area contributed by atoms with Gasteiger partial charge in [0, 0.05) is 12.4 Å². The number of hydrogen-bond acceptors (Lipinski definition) is 3. The standard InChI is InChI=1S/C8H18O2S/c1-4-9-7-10-5-6-11-8(2)3/h8H,4-7H2,1-3H3. The van der Waals surface area contributed by atoms with Gasteiger partial charge in [0.1, 0.15) is 6.79 Å². The monoisotopic (exact) mass is 178 g/mol. The molecule has 0 aliphatic heterocycles. The van der Waals surface area contributed by atoms with Gasteiger partial charge in [-0.1, -0.05) is 13.8 Å². The molecule has 0 spiro atoms. The summed E-state index contributed by atoms with van der Waals surface area (Å²) in [5.41, 5.74) is 0. The molecular formula is C8H18O2S. The molecule has 0 saturated carbocycles. The Kier molecular flexibility index (Phi) is 8.57. The third-order valence-corrected chi connectivity index (χ3v) is 2.12. The fourth-order valence-electron chi connectivity index (χ4n) is 0.544. The lowest BCUT2D eigenvalue weighted by Gasteiger charge is -2.05. The van der Waals surface area contributed by atoms with Gasteiger partial charge in [0.2, 0.25) is 0 Å². The summed E-state index contributed by atoms with van der Waals surface area (Å²) in [5, 5.41) is 0.700. The molecular weight excluding hydrogens is 160 g/mol. The maximum Gasteiger partial charge on any atom is 0.146 e. The fraction of sp³-hybridized carbons (Fsp3) is 1.00. The maximum absolute atomic E-state index is 5.18. The summed E-state index contributed by atoms with van der Waals surface area (Å²) in [5.74, 6) is 1.06. The minimum Gasteiger partial charge on any atom is -0.356 e. The Hall–Kier alpha value is 0.270. The molecule has 0 unspecified atom stereocenters. The SMILES string of the molecule is CCOCOCCSC(C)C. The van der Waals surface area contributed by atoms with Crippen LogP contribution in [0.1, 0.15) is 20.8 Å². The summed E-state index contributed by atoms with van der Waals surface area (Å²) in [6.45, 7) is 8.31. The third-order valence-electron chi connectivity index (χ3n) is 1.05. The molecule has 0 aromatic rings. The van der Waals surface area contributed by atoms with Crippen molar-refractivity contribution in [1.82, 2.24) is 0 Å². The van der Waals surface area contributed by atoms with E-state index in [1.165, 1.54) is 0 Å². The van der Waals surface area contributed by atoms with Gasteiger partial charge >= 0.3 is 0 Å². The van der Waals surface area contributed by atoms with E-state index in [-0.39, 0.29) is 0 Å². The van der Waals surface area contributed by atoms with Crippen molar-refractivity contribution in [2.45, 2.75) is 26.0 Å². The molecule has 68 valence electrons. The van der Waals surface area contributed by atoms with Gasteiger partial charge in [0.25, 0.3) is 0 Å². The summed E-state index contributed by atoms with van der Waals surface area (Å²) in [6.07, 6.45) is 0. The van der Waals surface area contributed by atoms with Crippen LogP contribution in [-0.4, -0.2) is 31.0 Å². The normalized spacial score (nSPS) is 10.9. The van der Waals surface area contributed by atoms with Gasteiger partial charge < -0.3 is 9.47 Å². The van der Waals surface area contributed by atoms with E-state index < -0.39 is 0 Å². The Balaban J connectivity index is 2.80. The molecule has 0 aliphatic rings. The Morgan fingerprint density at radius 2 is 2.00 bits per heavy atom. The molecule has 0 heterocycles. The second kappa shape index (κ2) is 8.37. The summed E-state index contributed by atoms with van der Waals surface area (Å²) in [6, 6.07) is 0. The number of thioether (sulfide) groups is 1. The molecule has 11 heavy (non-hydrogen) atoms. The highest BCUT2D eigenvalue weighted by Gasteiger charge is 1.93. The molecule has 0 aromatic carbocycles. The van der Waals surface area contributed by atoms with Gasteiger partial charge in [-0.2, -0.15) is 11.8 Å². The summed E-state index contributed by atoms with van der Waals surface area (Å²) >= 11 is 1.91. The zero-order valence-corrected chi connectivity index (χ0v) is 8.45. The Morgan fingerprint density at radius 3 is 2.55 bits per heavy atom. The second-order valence-electron chi connectivity index (χ2n) is 2.44. The van der Waals surface area contributed by atoms with Crippen molar-refractivity contribution >= 4 is 11.8 Å². The molecule has 3 heteroatoms. The van der Waals surface area contributed by atoms with E-state index in [0.717, 1.165) is 19.0 Å². The van der Waals surface area contributed by atoms with E-state index in [4.69, 9.17) is 9.47 Å². The number of hydrogen-bond donors (Lipinski definition) is 0. The minimum absolute atomic E-state index is 0.440. The molecule has 0 amide bonds. The van der Waals surface area contributed by atoms with Crippen molar-refractivity contribution in [2.24, 2.45) is 0 Å². The summed E-state index contributed by atoms with van der Waals surface area (Å²) in [4.78, 5) is 0. The molecule has 0 atom stereocenters. The summed E-state index contributed by atoms with van der Waals surface area (Å²) < 4.78 is 10.2. The van der Waals surface area contributed by atoms with Crippen molar-refractivity contribution in [3.63, 3.8) is 0 Å². The zero-order valence-electron chi connectivity index (χ0n) is 7.63. The lowest BCUT2D eigenvalue weighted by atomic mass is 10.6. The predicted octanol–water partition coefficient (Wildman–Crippen LogP) is 2.14. The first kappa shape index (κ1) is 11.3. The second-order valence-corrected chi connectivity index (χ2v) is 4.12. The van der Waals surface area contributed by atoms with Gasteiger partial charge in [0.15, 0.2) is 0 Å². The minimum atomic E-state index is 0.440. The molecule has 0 aromatic heterocycles. The number of ether oxygens (including phenoxy) is 2. The highest BCUT2D eigenvalue weighted by atomic mass is 32.2. The van der Waals surface area contributed by atoms with E-state index >= 15 is 0 Å². The molecule has 0 N–H and O–H groups in total. The molecule has 0 radical (unpaired) electrons. The summed E-state index contributed by atoms with van der Waals surface area (Å²) in [7, 11) is 0. The third kappa shape index (κ3) is 10.3. The molecule has 0 saturated heterocycles. The molecule has 0 aliphatic carbocycles. The van der Waals surface area contributed by atoms with E-state index in [9.17, 15) is 0 Å². The topological polar surface area (TPSA) is 18.5 Å². The number of rotatable bonds is 7. The van der Waals surface area contributed by atoms with Crippen molar-refractivity contribution in [3.8, 4) is 0 Å². The lowest BCUT2D eigenvalue weighted by Crippen LogP contribution is -2.04. The van der Waals surface area contributed by atoms with E-state index in [2.05, 4.69) is 13.8 Å². The first-order valence-corrected chi connectivity index (χ1v) is 5.09. The van der Waals surface area contributed by atoms with Crippen LogP contribution in [0.5, 0.6) is 0 Å². The van der Waals surface area contributed by atoms with E-state index in [1.54, 1.807) is 0 Å². The smallest absolute Gasteiger partial charge is 0.146 e. The Labute approximate surface area is 73.6 Å². The van der Waals surface area contributed by atoms with Crippen molar-refractivity contribution in [1.29, 1.82) is 0 Å². The van der Waals surface area contributed by atoms with Gasteiger partial charge in [-0.05, 0) is 12.2 Å².